The molecule has 0 bridgehead atoms. The van der Waals surface area contributed by atoms with Crippen LogP contribution in [0, 0.1) is 0 Å². The maximum atomic E-state index is 10.0. The SMILES string of the molecule is O=CCCCCC1=CCCCC1. The summed E-state index contributed by atoms with van der Waals surface area (Å²) in [5.74, 6) is 0. The van der Waals surface area contributed by atoms with Gasteiger partial charge in [0.25, 0.3) is 0 Å². The molecule has 0 fully saturated rings. The molecule has 0 spiro atoms. The van der Waals surface area contributed by atoms with Gasteiger partial charge in [-0.3, -0.25) is 0 Å². The van der Waals surface area contributed by atoms with E-state index in [2.05, 4.69) is 6.08 Å². The maximum Gasteiger partial charge on any atom is 0.119 e. The van der Waals surface area contributed by atoms with Gasteiger partial charge in [0, 0.05) is 6.42 Å². The van der Waals surface area contributed by atoms with Gasteiger partial charge in [-0.2, -0.15) is 0 Å². The monoisotopic (exact) mass is 166 g/mol. The quantitative estimate of drug-likeness (QED) is 0.348. The number of carbonyl (C=O) groups is 1. The van der Waals surface area contributed by atoms with Crippen LogP contribution < -0.4 is 0 Å². The van der Waals surface area contributed by atoms with Gasteiger partial charge in [-0.25, -0.2) is 0 Å². The summed E-state index contributed by atoms with van der Waals surface area (Å²) in [4.78, 5) is 10.0. The molecule has 0 aliphatic heterocycles. The summed E-state index contributed by atoms with van der Waals surface area (Å²) in [6.45, 7) is 0. The molecule has 0 unspecified atom stereocenters. The Morgan fingerprint density at radius 1 is 1.33 bits per heavy atom. The molecule has 1 rings (SSSR count). The Morgan fingerprint density at radius 3 is 2.92 bits per heavy atom. The molecule has 1 aliphatic carbocycles. The lowest BCUT2D eigenvalue weighted by Gasteiger charge is -2.11. The molecule has 0 N–H and O–H groups in total. The van der Waals surface area contributed by atoms with Gasteiger partial charge in [-0.1, -0.05) is 11.6 Å². The second kappa shape index (κ2) is 5.99. The number of unbranched alkanes of at least 4 members (excludes halogenated alkanes) is 2. The lowest BCUT2D eigenvalue weighted by atomic mass is 9.95. The molecule has 0 saturated carbocycles. The van der Waals surface area contributed by atoms with Crippen LogP contribution in [0.25, 0.3) is 0 Å². The fraction of sp³-hybridized carbons (Fsp3) is 0.727. The average Bonchev–Trinajstić information content (AvgIpc) is 2.14. The summed E-state index contributed by atoms with van der Waals surface area (Å²) >= 11 is 0. The highest BCUT2D eigenvalue weighted by molar-refractivity contribution is 5.48. The zero-order valence-corrected chi connectivity index (χ0v) is 7.72. The third kappa shape index (κ3) is 3.70. The van der Waals surface area contributed by atoms with Crippen molar-refractivity contribution in [3.8, 4) is 0 Å². The fourth-order valence-corrected chi connectivity index (χ4v) is 1.71. The molecule has 1 heteroatoms. The van der Waals surface area contributed by atoms with Crippen LogP contribution in [0.1, 0.15) is 51.4 Å². The number of hydrogen-bond donors (Lipinski definition) is 0. The minimum atomic E-state index is 0.743. The molecule has 0 amide bonds. The van der Waals surface area contributed by atoms with E-state index in [1.807, 2.05) is 0 Å². The third-order valence-electron chi connectivity index (χ3n) is 2.45. The summed E-state index contributed by atoms with van der Waals surface area (Å²) < 4.78 is 0. The van der Waals surface area contributed by atoms with E-state index in [0.717, 1.165) is 19.1 Å². The Kier molecular flexibility index (Phi) is 4.74. The predicted octanol–water partition coefficient (Wildman–Crippen LogP) is 3.25. The molecule has 0 saturated heterocycles. The minimum absolute atomic E-state index is 0.743. The molecule has 1 aliphatic rings. The highest BCUT2D eigenvalue weighted by Crippen LogP contribution is 2.21. The number of aldehydes is 1. The highest BCUT2D eigenvalue weighted by atomic mass is 16.1. The molecule has 68 valence electrons. The lowest BCUT2D eigenvalue weighted by molar-refractivity contribution is -0.107. The van der Waals surface area contributed by atoms with Gasteiger partial charge >= 0.3 is 0 Å². The molecule has 0 aromatic heterocycles. The molecular formula is C11H18O. The highest BCUT2D eigenvalue weighted by Gasteiger charge is 2.02. The van der Waals surface area contributed by atoms with Gasteiger partial charge in [-0.05, 0) is 44.9 Å². The van der Waals surface area contributed by atoms with Crippen LogP contribution in [-0.2, 0) is 4.79 Å². The zero-order valence-electron chi connectivity index (χ0n) is 7.72. The predicted molar refractivity (Wildman–Crippen MR) is 51.1 cm³/mol. The number of allylic oxidation sites excluding steroid dienone is 2. The van der Waals surface area contributed by atoms with Crippen LogP contribution in [0.5, 0.6) is 0 Å². The average molecular weight is 166 g/mol. The minimum Gasteiger partial charge on any atom is -0.303 e. The Labute approximate surface area is 74.9 Å². The molecule has 0 aromatic rings. The fourth-order valence-electron chi connectivity index (χ4n) is 1.71. The summed E-state index contributed by atoms with van der Waals surface area (Å²) in [5.41, 5.74) is 1.63. The summed E-state index contributed by atoms with van der Waals surface area (Å²) in [6.07, 6.45) is 13.0. The van der Waals surface area contributed by atoms with Crippen molar-refractivity contribution in [1.29, 1.82) is 0 Å². The molecule has 0 aromatic carbocycles. The van der Waals surface area contributed by atoms with E-state index in [9.17, 15) is 4.79 Å². The Bertz CT molecular complexity index is 158. The van der Waals surface area contributed by atoms with Gasteiger partial charge in [0.15, 0.2) is 0 Å². The van der Waals surface area contributed by atoms with Crippen LogP contribution in [0.3, 0.4) is 0 Å². The third-order valence-corrected chi connectivity index (χ3v) is 2.45. The van der Waals surface area contributed by atoms with Crippen LogP contribution >= 0.6 is 0 Å². The van der Waals surface area contributed by atoms with Crippen molar-refractivity contribution in [2.75, 3.05) is 0 Å². The molecule has 0 heterocycles. The van der Waals surface area contributed by atoms with Crippen LogP contribution in [0.2, 0.25) is 0 Å². The number of rotatable bonds is 5. The number of hydrogen-bond acceptors (Lipinski definition) is 1. The van der Waals surface area contributed by atoms with E-state index in [0.29, 0.717) is 0 Å². The Balaban J connectivity index is 2.05. The number of carbonyl (C=O) groups excluding carboxylic acids is 1. The molecule has 12 heavy (non-hydrogen) atoms. The molecule has 1 nitrogen and oxygen atoms in total. The van der Waals surface area contributed by atoms with Gasteiger partial charge in [0.1, 0.15) is 6.29 Å². The van der Waals surface area contributed by atoms with Crippen molar-refractivity contribution in [1.82, 2.24) is 0 Å². The Hall–Kier alpha value is -0.590. The van der Waals surface area contributed by atoms with Gasteiger partial charge in [0.2, 0.25) is 0 Å². The Morgan fingerprint density at radius 2 is 2.25 bits per heavy atom. The largest absolute Gasteiger partial charge is 0.303 e. The van der Waals surface area contributed by atoms with E-state index < -0.39 is 0 Å². The first-order valence-corrected chi connectivity index (χ1v) is 5.05. The van der Waals surface area contributed by atoms with Crippen molar-refractivity contribution in [3.05, 3.63) is 11.6 Å². The smallest absolute Gasteiger partial charge is 0.119 e. The lowest BCUT2D eigenvalue weighted by Crippen LogP contribution is -1.92. The second-order valence-electron chi connectivity index (χ2n) is 3.52. The van der Waals surface area contributed by atoms with Crippen molar-refractivity contribution >= 4 is 6.29 Å². The van der Waals surface area contributed by atoms with E-state index in [-0.39, 0.29) is 0 Å². The topological polar surface area (TPSA) is 17.1 Å². The van der Waals surface area contributed by atoms with Gasteiger partial charge in [0.05, 0.1) is 0 Å². The molecule has 0 radical (unpaired) electrons. The van der Waals surface area contributed by atoms with Gasteiger partial charge in [-0.15, -0.1) is 0 Å². The standard InChI is InChI=1S/C11H18O/c12-10-6-2-5-9-11-7-3-1-4-8-11/h7,10H,1-6,8-9H2. The normalized spacial score (nSPS) is 17.2. The van der Waals surface area contributed by atoms with Crippen LogP contribution in [0.4, 0.5) is 0 Å². The van der Waals surface area contributed by atoms with E-state index in [4.69, 9.17) is 0 Å². The first kappa shape index (κ1) is 9.50. The first-order chi connectivity index (χ1) is 5.93. The van der Waals surface area contributed by atoms with Crippen LogP contribution in [0.15, 0.2) is 11.6 Å². The van der Waals surface area contributed by atoms with E-state index in [1.165, 1.54) is 38.5 Å². The zero-order chi connectivity index (χ0) is 8.65. The summed E-state index contributed by atoms with van der Waals surface area (Å²) in [6, 6.07) is 0. The summed E-state index contributed by atoms with van der Waals surface area (Å²) in [7, 11) is 0. The van der Waals surface area contributed by atoms with E-state index in [1.54, 1.807) is 5.57 Å². The van der Waals surface area contributed by atoms with Crippen molar-refractivity contribution in [2.24, 2.45) is 0 Å². The van der Waals surface area contributed by atoms with Crippen molar-refractivity contribution in [3.63, 3.8) is 0 Å². The van der Waals surface area contributed by atoms with Gasteiger partial charge < -0.3 is 4.79 Å². The maximum absolute atomic E-state index is 10.0. The van der Waals surface area contributed by atoms with E-state index >= 15 is 0 Å². The van der Waals surface area contributed by atoms with Crippen molar-refractivity contribution < 1.29 is 4.79 Å². The second-order valence-corrected chi connectivity index (χ2v) is 3.52. The molecule has 0 atom stereocenters. The molecular weight excluding hydrogens is 148 g/mol. The van der Waals surface area contributed by atoms with Crippen molar-refractivity contribution in [2.45, 2.75) is 51.4 Å². The van der Waals surface area contributed by atoms with Crippen LogP contribution in [-0.4, -0.2) is 6.29 Å². The summed E-state index contributed by atoms with van der Waals surface area (Å²) in [5, 5.41) is 0. The first-order valence-electron chi connectivity index (χ1n) is 5.05.